The van der Waals surface area contributed by atoms with Crippen LogP contribution >= 0.6 is 11.6 Å². The smallest absolute Gasteiger partial charge is 0.248 e. The van der Waals surface area contributed by atoms with Gasteiger partial charge in [0.1, 0.15) is 0 Å². The van der Waals surface area contributed by atoms with E-state index in [1.54, 1.807) is 50.6 Å². The van der Waals surface area contributed by atoms with Crippen molar-refractivity contribution >= 4 is 29.3 Å². The van der Waals surface area contributed by atoms with Gasteiger partial charge in [-0.15, -0.1) is 0 Å². The summed E-state index contributed by atoms with van der Waals surface area (Å²) in [7, 11) is 3.13. The number of carbonyl (C=O) groups excluding carboxylic acids is 1. The predicted molar refractivity (Wildman–Crippen MR) is 88.7 cm³/mol. The summed E-state index contributed by atoms with van der Waals surface area (Å²) in [6.45, 7) is 0. The number of halogens is 1. The third kappa shape index (κ3) is 4.02. The van der Waals surface area contributed by atoms with Crippen molar-refractivity contribution in [2.75, 3.05) is 19.5 Å². The lowest BCUT2D eigenvalue weighted by Gasteiger charge is -2.09. The number of amides is 1. The topological polar surface area (TPSA) is 47.6 Å². The molecular formula is C17H16ClNO3. The fourth-order valence-electron chi connectivity index (χ4n) is 1.93. The van der Waals surface area contributed by atoms with Crippen molar-refractivity contribution in [1.29, 1.82) is 0 Å². The Morgan fingerprint density at radius 2 is 1.82 bits per heavy atom. The first-order valence-corrected chi connectivity index (χ1v) is 6.97. The minimum atomic E-state index is -0.243. The maximum absolute atomic E-state index is 11.9. The zero-order chi connectivity index (χ0) is 15.9. The number of methoxy groups -OCH3 is 2. The highest BCUT2D eigenvalue weighted by Crippen LogP contribution is 2.31. The first-order chi connectivity index (χ1) is 10.6. The van der Waals surface area contributed by atoms with Crippen LogP contribution in [0.5, 0.6) is 11.5 Å². The number of carbonyl (C=O) groups is 1. The molecule has 0 spiro atoms. The van der Waals surface area contributed by atoms with E-state index in [2.05, 4.69) is 5.32 Å². The predicted octanol–water partition coefficient (Wildman–Crippen LogP) is 4.01. The van der Waals surface area contributed by atoms with Gasteiger partial charge in [0, 0.05) is 22.3 Å². The lowest BCUT2D eigenvalue weighted by atomic mass is 10.1. The molecule has 114 valence electrons. The van der Waals surface area contributed by atoms with E-state index in [1.165, 1.54) is 6.08 Å². The second-order valence-corrected chi connectivity index (χ2v) is 4.85. The molecule has 0 unspecified atom stereocenters. The lowest BCUT2D eigenvalue weighted by Crippen LogP contribution is -2.07. The highest BCUT2D eigenvalue weighted by atomic mass is 35.5. The molecule has 0 radical (unpaired) electrons. The van der Waals surface area contributed by atoms with E-state index < -0.39 is 0 Å². The molecule has 4 nitrogen and oxygen atoms in total. The van der Waals surface area contributed by atoms with Gasteiger partial charge < -0.3 is 14.8 Å². The molecule has 0 heterocycles. The van der Waals surface area contributed by atoms with Gasteiger partial charge in [0.05, 0.1) is 14.2 Å². The van der Waals surface area contributed by atoms with Crippen LogP contribution in [0.15, 0.2) is 48.5 Å². The molecular weight excluding hydrogens is 302 g/mol. The molecule has 22 heavy (non-hydrogen) atoms. The lowest BCUT2D eigenvalue weighted by molar-refractivity contribution is -0.111. The number of rotatable bonds is 5. The van der Waals surface area contributed by atoms with Crippen LogP contribution in [0.1, 0.15) is 5.56 Å². The van der Waals surface area contributed by atoms with Crippen molar-refractivity contribution in [2.45, 2.75) is 0 Å². The van der Waals surface area contributed by atoms with Crippen LogP contribution in [-0.2, 0) is 4.79 Å². The summed E-state index contributed by atoms with van der Waals surface area (Å²) in [5, 5.41) is 3.37. The molecule has 0 saturated heterocycles. The first kappa shape index (κ1) is 15.9. The zero-order valence-corrected chi connectivity index (χ0v) is 13.1. The van der Waals surface area contributed by atoms with Gasteiger partial charge >= 0.3 is 0 Å². The number of anilines is 1. The highest BCUT2D eigenvalue weighted by molar-refractivity contribution is 6.30. The first-order valence-electron chi connectivity index (χ1n) is 6.59. The second kappa shape index (κ2) is 7.52. The van der Waals surface area contributed by atoms with E-state index in [0.717, 1.165) is 5.56 Å². The molecule has 0 saturated carbocycles. The van der Waals surface area contributed by atoms with Crippen molar-refractivity contribution in [3.8, 4) is 11.5 Å². The average molecular weight is 318 g/mol. The molecule has 0 aliphatic heterocycles. The Bertz CT molecular complexity index is 681. The number of hydrogen-bond donors (Lipinski definition) is 1. The van der Waals surface area contributed by atoms with Gasteiger partial charge in [0.15, 0.2) is 11.5 Å². The minimum absolute atomic E-state index is 0.243. The summed E-state index contributed by atoms with van der Waals surface area (Å²) in [6.07, 6.45) is 3.11. The van der Waals surface area contributed by atoms with Crippen molar-refractivity contribution in [3.05, 3.63) is 59.1 Å². The average Bonchev–Trinajstić information content (AvgIpc) is 2.54. The van der Waals surface area contributed by atoms with E-state index in [1.807, 2.05) is 12.1 Å². The Balaban J connectivity index is 2.11. The van der Waals surface area contributed by atoms with Gasteiger partial charge in [-0.1, -0.05) is 23.7 Å². The van der Waals surface area contributed by atoms with E-state index in [9.17, 15) is 4.79 Å². The molecule has 2 aromatic carbocycles. The van der Waals surface area contributed by atoms with Crippen LogP contribution in [0.3, 0.4) is 0 Å². The Morgan fingerprint density at radius 3 is 2.45 bits per heavy atom. The quantitative estimate of drug-likeness (QED) is 0.848. The maximum atomic E-state index is 11.9. The third-order valence-electron chi connectivity index (χ3n) is 2.96. The van der Waals surface area contributed by atoms with Crippen LogP contribution in [0.2, 0.25) is 5.02 Å². The van der Waals surface area contributed by atoms with Crippen LogP contribution in [0.25, 0.3) is 6.08 Å². The molecule has 1 N–H and O–H groups in total. The summed E-state index contributed by atoms with van der Waals surface area (Å²) in [5.41, 5.74) is 1.43. The fraction of sp³-hybridized carbons (Fsp3) is 0.118. The number of hydrogen-bond acceptors (Lipinski definition) is 3. The maximum Gasteiger partial charge on any atom is 0.248 e. The summed E-state index contributed by atoms with van der Waals surface area (Å²) in [6, 6.07) is 12.4. The van der Waals surface area contributed by atoms with Gasteiger partial charge in [0.25, 0.3) is 0 Å². The molecule has 0 aliphatic carbocycles. The standard InChI is InChI=1S/C17H16ClNO3/c1-21-15-5-3-4-12(17(15)22-2)6-11-16(20)19-14-9-7-13(18)8-10-14/h3-11H,1-2H3,(H,19,20). The van der Waals surface area contributed by atoms with Gasteiger partial charge in [0.2, 0.25) is 5.91 Å². The monoisotopic (exact) mass is 317 g/mol. The molecule has 0 bridgehead atoms. The van der Waals surface area contributed by atoms with Gasteiger partial charge in [-0.05, 0) is 36.4 Å². The van der Waals surface area contributed by atoms with Crippen LogP contribution < -0.4 is 14.8 Å². The molecule has 0 aromatic heterocycles. The van der Waals surface area contributed by atoms with Crippen LogP contribution in [0.4, 0.5) is 5.69 Å². The summed E-state index contributed by atoms with van der Waals surface area (Å²) < 4.78 is 10.5. The third-order valence-corrected chi connectivity index (χ3v) is 3.21. The normalized spacial score (nSPS) is 10.5. The van der Waals surface area contributed by atoms with Crippen molar-refractivity contribution < 1.29 is 14.3 Å². The number of benzene rings is 2. The van der Waals surface area contributed by atoms with E-state index in [4.69, 9.17) is 21.1 Å². The number of nitrogens with one attached hydrogen (secondary N) is 1. The highest BCUT2D eigenvalue weighted by Gasteiger charge is 2.07. The molecule has 1 amide bonds. The fourth-order valence-corrected chi connectivity index (χ4v) is 2.05. The largest absolute Gasteiger partial charge is 0.493 e. The van der Waals surface area contributed by atoms with E-state index in [-0.39, 0.29) is 5.91 Å². The molecule has 5 heteroatoms. The molecule has 0 atom stereocenters. The Hall–Kier alpha value is -2.46. The van der Waals surface area contributed by atoms with Crippen molar-refractivity contribution in [3.63, 3.8) is 0 Å². The van der Waals surface area contributed by atoms with Crippen LogP contribution in [-0.4, -0.2) is 20.1 Å². The molecule has 0 aliphatic rings. The van der Waals surface area contributed by atoms with Crippen LogP contribution in [0, 0.1) is 0 Å². The second-order valence-electron chi connectivity index (χ2n) is 4.41. The molecule has 2 rings (SSSR count). The van der Waals surface area contributed by atoms with Crippen molar-refractivity contribution in [2.24, 2.45) is 0 Å². The Morgan fingerprint density at radius 1 is 1.09 bits per heavy atom. The molecule has 0 fully saturated rings. The molecule has 2 aromatic rings. The number of para-hydroxylation sites is 1. The van der Waals surface area contributed by atoms with E-state index >= 15 is 0 Å². The summed E-state index contributed by atoms with van der Waals surface area (Å²) in [5.74, 6) is 0.954. The number of ether oxygens (including phenoxy) is 2. The van der Waals surface area contributed by atoms with Gasteiger partial charge in [-0.25, -0.2) is 0 Å². The van der Waals surface area contributed by atoms with E-state index in [0.29, 0.717) is 22.2 Å². The Labute approximate surface area is 134 Å². The van der Waals surface area contributed by atoms with Gasteiger partial charge in [-0.2, -0.15) is 0 Å². The zero-order valence-electron chi connectivity index (χ0n) is 12.3. The summed E-state index contributed by atoms with van der Waals surface area (Å²) >= 11 is 5.80. The SMILES string of the molecule is COc1cccc(C=CC(=O)Nc2ccc(Cl)cc2)c1OC. The van der Waals surface area contributed by atoms with Gasteiger partial charge in [-0.3, -0.25) is 4.79 Å². The summed E-state index contributed by atoms with van der Waals surface area (Å²) in [4.78, 5) is 11.9. The minimum Gasteiger partial charge on any atom is -0.493 e. The van der Waals surface area contributed by atoms with Crippen molar-refractivity contribution in [1.82, 2.24) is 0 Å². The Kier molecular flexibility index (Phi) is 5.44.